The van der Waals surface area contributed by atoms with Crippen molar-refractivity contribution in [3.05, 3.63) is 0 Å². The summed E-state index contributed by atoms with van der Waals surface area (Å²) < 4.78 is 16.4. The van der Waals surface area contributed by atoms with Crippen molar-refractivity contribution in [3.63, 3.8) is 0 Å². The molecule has 0 aromatic carbocycles. The van der Waals surface area contributed by atoms with E-state index in [1.807, 2.05) is 0 Å². The number of esters is 1. The van der Waals surface area contributed by atoms with Gasteiger partial charge >= 0.3 is 5.97 Å². The van der Waals surface area contributed by atoms with Crippen molar-refractivity contribution < 1.29 is 19.0 Å². The Kier molecular flexibility index (Phi) is 31.9. The lowest BCUT2D eigenvalue weighted by atomic mass is 10.0. The fourth-order valence-electron chi connectivity index (χ4n) is 4.59. The maximum Gasteiger partial charge on any atom is 0.305 e. The van der Waals surface area contributed by atoms with E-state index in [0.717, 1.165) is 25.9 Å². The second-order valence-electron chi connectivity index (χ2n) is 10.6. The zero-order chi connectivity index (χ0) is 26.2. The highest BCUT2D eigenvalue weighted by Gasteiger charge is 2.02. The summed E-state index contributed by atoms with van der Waals surface area (Å²) in [6.07, 6.45) is 31.2. The van der Waals surface area contributed by atoms with Crippen LogP contribution in [0.4, 0.5) is 0 Å². The van der Waals surface area contributed by atoms with Crippen LogP contribution in [-0.4, -0.2) is 39.0 Å². The highest BCUT2D eigenvalue weighted by Crippen LogP contribution is 2.13. The predicted octanol–water partition coefficient (Wildman–Crippen LogP) is 9.96. The zero-order valence-corrected chi connectivity index (χ0v) is 24.6. The average Bonchev–Trinajstić information content (AvgIpc) is 2.88. The Morgan fingerprint density at radius 2 is 0.722 bits per heavy atom. The molecule has 36 heavy (non-hydrogen) atoms. The van der Waals surface area contributed by atoms with E-state index in [4.69, 9.17) is 14.2 Å². The Balaban J connectivity index is 3.11. The number of unbranched alkanes of at least 4 members (excludes halogenated alkanes) is 21. The van der Waals surface area contributed by atoms with E-state index in [0.29, 0.717) is 32.8 Å². The minimum Gasteiger partial charge on any atom is -0.463 e. The van der Waals surface area contributed by atoms with Crippen LogP contribution in [0.15, 0.2) is 0 Å². The first-order chi connectivity index (χ1) is 17.8. The number of hydrogen-bond donors (Lipinski definition) is 0. The van der Waals surface area contributed by atoms with Crippen molar-refractivity contribution >= 4 is 5.97 Å². The maximum absolute atomic E-state index is 11.7. The Morgan fingerprint density at radius 3 is 1.17 bits per heavy atom. The molecule has 0 aliphatic heterocycles. The molecule has 0 aliphatic rings. The third-order valence-electron chi connectivity index (χ3n) is 6.99. The van der Waals surface area contributed by atoms with Crippen LogP contribution in [0.25, 0.3) is 0 Å². The first kappa shape index (κ1) is 35.4. The summed E-state index contributed by atoms with van der Waals surface area (Å²) in [4.78, 5) is 11.7. The molecule has 0 aliphatic carbocycles. The van der Waals surface area contributed by atoms with Crippen LogP contribution in [0.5, 0.6) is 0 Å². The molecular formula is C32H64O4. The smallest absolute Gasteiger partial charge is 0.305 e. The van der Waals surface area contributed by atoms with Crippen LogP contribution in [0, 0.1) is 0 Å². The molecule has 0 saturated carbocycles. The van der Waals surface area contributed by atoms with E-state index < -0.39 is 0 Å². The zero-order valence-electron chi connectivity index (χ0n) is 24.6. The molecule has 0 unspecified atom stereocenters. The molecule has 0 saturated heterocycles. The van der Waals surface area contributed by atoms with Crippen LogP contribution in [0.3, 0.4) is 0 Å². The molecule has 0 aromatic heterocycles. The fraction of sp³-hybridized carbons (Fsp3) is 0.969. The number of carbonyl (C=O) groups excluding carboxylic acids is 1. The number of ether oxygens (including phenoxy) is 3. The van der Waals surface area contributed by atoms with Crippen molar-refractivity contribution in [2.24, 2.45) is 0 Å². The summed E-state index contributed by atoms with van der Waals surface area (Å²) in [7, 11) is 0. The molecule has 216 valence electrons. The molecule has 4 heteroatoms. The van der Waals surface area contributed by atoms with E-state index in [9.17, 15) is 4.79 Å². The normalized spacial score (nSPS) is 11.3. The van der Waals surface area contributed by atoms with Gasteiger partial charge in [0.15, 0.2) is 0 Å². The molecular weight excluding hydrogens is 448 g/mol. The fourth-order valence-corrected chi connectivity index (χ4v) is 4.59. The van der Waals surface area contributed by atoms with Crippen molar-refractivity contribution in [1.29, 1.82) is 0 Å². The van der Waals surface area contributed by atoms with Gasteiger partial charge in [-0.1, -0.05) is 149 Å². The quantitative estimate of drug-likeness (QED) is 0.0684. The van der Waals surface area contributed by atoms with Gasteiger partial charge in [0, 0.05) is 13.0 Å². The second-order valence-corrected chi connectivity index (χ2v) is 10.6. The largest absolute Gasteiger partial charge is 0.463 e. The molecule has 0 aromatic rings. The molecule has 0 N–H and O–H groups in total. The van der Waals surface area contributed by atoms with E-state index in [1.54, 1.807) is 0 Å². The van der Waals surface area contributed by atoms with Crippen molar-refractivity contribution in [2.45, 2.75) is 168 Å². The molecule has 0 radical (unpaired) electrons. The lowest BCUT2D eigenvalue weighted by Crippen LogP contribution is -2.13. The maximum atomic E-state index is 11.7. The van der Waals surface area contributed by atoms with Gasteiger partial charge in [-0.2, -0.15) is 0 Å². The summed E-state index contributed by atoms with van der Waals surface area (Å²) in [5, 5.41) is 0. The molecule has 0 amide bonds. The lowest BCUT2D eigenvalue weighted by Gasteiger charge is -2.07. The minimum absolute atomic E-state index is 0.0874. The van der Waals surface area contributed by atoms with Gasteiger partial charge in [-0.3, -0.25) is 4.79 Å². The highest BCUT2D eigenvalue weighted by atomic mass is 16.6. The van der Waals surface area contributed by atoms with Gasteiger partial charge in [-0.25, -0.2) is 0 Å². The van der Waals surface area contributed by atoms with Gasteiger partial charge in [0.2, 0.25) is 0 Å². The standard InChI is InChI=1S/C32H64O4/c1-3-5-7-9-11-13-14-15-16-17-19-21-23-25-27-34-28-29-35-30-31-36-32(33)26-24-22-20-18-12-10-8-6-4-2/h3-31H2,1-2H3. The molecule has 0 fully saturated rings. The third kappa shape index (κ3) is 31.4. The third-order valence-corrected chi connectivity index (χ3v) is 6.99. The SMILES string of the molecule is CCCCCCCCCCCCCCCCOCCOCCOC(=O)CCCCCCCCCCC. The van der Waals surface area contributed by atoms with E-state index in [-0.39, 0.29) is 5.97 Å². The van der Waals surface area contributed by atoms with Gasteiger partial charge in [-0.05, 0) is 12.8 Å². The molecule has 4 nitrogen and oxygen atoms in total. The summed E-state index contributed by atoms with van der Waals surface area (Å²) in [6.45, 7) is 7.39. The van der Waals surface area contributed by atoms with Crippen molar-refractivity contribution in [1.82, 2.24) is 0 Å². The second kappa shape index (κ2) is 32.4. The molecule has 0 heterocycles. The summed E-state index contributed by atoms with van der Waals surface area (Å²) >= 11 is 0. The summed E-state index contributed by atoms with van der Waals surface area (Å²) in [5.74, 6) is -0.0874. The van der Waals surface area contributed by atoms with Gasteiger partial charge < -0.3 is 14.2 Å². The number of rotatable bonds is 31. The van der Waals surface area contributed by atoms with Gasteiger partial charge in [0.25, 0.3) is 0 Å². The van der Waals surface area contributed by atoms with Crippen LogP contribution in [0.2, 0.25) is 0 Å². The Bertz CT molecular complexity index is 413. The minimum atomic E-state index is -0.0874. The predicted molar refractivity (Wildman–Crippen MR) is 155 cm³/mol. The average molecular weight is 513 g/mol. The number of hydrogen-bond acceptors (Lipinski definition) is 4. The lowest BCUT2D eigenvalue weighted by molar-refractivity contribution is -0.145. The Morgan fingerprint density at radius 1 is 0.389 bits per heavy atom. The Hall–Kier alpha value is -0.610. The van der Waals surface area contributed by atoms with Gasteiger partial charge in [0.1, 0.15) is 6.61 Å². The first-order valence-corrected chi connectivity index (χ1v) is 16.1. The molecule has 0 atom stereocenters. The first-order valence-electron chi connectivity index (χ1n) is 16.1. The van der Waals surface area contributed by atoms with E-state index >= 15 is 0 Å². The van der Waals surface area contributed by atoms with Crippen LogP contribution < -0.4 is 0 Å². The summed E-state index contributed by atoms with van der Waals surface area (Å²) in [6, 6.07) is 0. The highest BCUT2D eigenvalue weighted by molar-refractivity contribution is 5.69. The van der Waals surface area contributed by atoms with Crippen molar-refractivity contribution in [3.8, 4) is 0 Å². The van der Waals surface area contributed by atoms with E-state index in [2.05, 4.69) is 13.8 Å². The van der Waals surface area contributed by atoms with Crippen LogP contribution in [0.1, 0.15) is 168 Å². The number of carbonyl (C=O) groups is 1. The molecule has 0 bridgehead atoms. The van der Waals surface area contributed by atoms with Gasteiger partial charge in [-0.15, -0.1) is 0 Å². The van der Waals surface area contributed by atoms with Crippen LogP contribution in [-0.2, 0) is 19.0 Å². The molecule has 0 rings (SSSR count). The molecule has 0 spiro atoms. The van der Waals surface area contributed by atoms with E-state index in [1.165, 1.54) is 128 Å². The van der Waals surface area contributed by atoms with Crippen LogP contribution >= 0.6 is 0 Å². The monoisotopic (exact) mass is 512 g/mol. The Labute approximate surface area is 226 Å². The summed E-state index contributed by atoms with van der Waals surface area (Å²) in [5.41, 5.74) is 0. The van der Waals surface area contributed by atoms with Gasteiger partial charge in [0.05, 0.1) is 19.8 Å². The van der Waals surface area contributed by atoms with Crippen molar-refractivity contribution in [2.75, 3.05) is 33.0 Å². The topological polar surface area (TPSA) is 44.8 Å².